The summed E-state index contributed by atoms with van der Waals surface area (Å²) in [5, 5.41) is 0. The van der Waals surface area contributed by atoms with E-state index in [-0.39, 0.29) is 5.41 Å². The molecular formula is C15H31NO. The minimum Gasteiger partial charge on any atom is -0.303 e. The fourth-order valence-electron chi connectivity index (χ4n) is 2.28. The van der Waals surface area contributed by atoms with Crippen LogP contribution in [-0.4, -0.2) is 30.3 Å². The molecule has 17 heavy (non-hydrogen) atoms. The Morgan fingerprint density at radius 1 is 1.24 bits per heavy atom. The zero-order chi connectivity index (χ0) is 13.3. The average Bonchev–Trinajstić information content (AvgIpc) is 2.33. The lowest BCUT2D eigenvalue weighted by Gasteiger charge is -2.35. The van der Waals surface area contributed by atoms with Gasteiger partial charge in [-0.1, -0.05) is 40.5 Å². The van der Waals surface area contributed by atoms with Crippen molar-refractivity contribution in [3.8, 4) is 0 Å². The Morgan fingerprint density at radius 3 is 2.29 bits per heavy atom. The predicted molar refractivity (Wildman–Crippen MR) is 75.3 cm³/mol. The van der Waals surface area contributed by atoms with E-state index >= 15 is 0 Å². The Kier molecular flexibility index (Phi) is 8.49. The third-order valence-electron chi connectivity index (χ3n) is 3.68. The molecule has 0 aromatic rings. The predicted octanol–water partition coefficient (Wildman–Crippen LogP) is 3.89. The number of carbonyl (C=O) groups is 1. The number of aldehydes is 1. The summed E-state index contributed by atoms with van der Waals surface area (Å²) >= 11 is 0. The summed E-state index contributed by atoms with van der Waals surface area (Å²) in [4.78, 5) is 13.8. The fourth-order valence-corrected chi connectivity index (χ4v) is 2.28. The number of nitrogens with zero attached hydrogens (tertiary/aromatic N) is 1. The van der Waals surface area contributed by atoms with Crippen LogP contribution >= 0.6 is 0 Å². The summed E-state index contributed by atoms with van der Waals surface area (Å²) in [5.41, 5.74) is -0.161. The van der Waals surface area contributed by atoms with Gasteiger partial charge in [0.05, 0.1) is 0 Å². The van der Waals surface area contributed by atoms with Gasteiger partial charge < -0.3 is 4.79 Å². The second-order valence-corrected chi connectivity index (χ2v) is 5.60. The summed E-state index contributed by atoms with van der Waals surface area (Å²) in [6.45, 7) is 13.0. The topological polar surface area (TPSA) is 20.3 Å². The first kappa shape index (κ1) is 16.6. The van der Waals surface area contributed by atoms with Crippen molar-refractivity contribution in [2.24, 2.45) is 5.41 Å². The summed E-state index contributed by atoms with van der Waals surface area (Å²) in [5.74, 6) is 0. The molecule has 0 amide bonds. The van der Waals surface area contributed by atoms with Crippen molar-refractivity contribution < 1.29 is 4.79 Å². The van der Waals surface area contributed by atoms with Gasteiger partial charge in [0, 0.05) is 18.0 Å². The van der Waals surface area contributed by atoms with Crippen LogP contribution in [0.4, 0.5) is 0 Å². The van der Waals surface area contributed by atoms with Crippen LogP contribution in [0.1, 0.15) is 66.7 Å². The van der Waals surface area contributed by atoms with Crippen LogP contribution in [0.15, 0.2) is 0 Å². The molecule has 0 fully saturated rings. The van der Waals surface area contributed by atoms with Crippen LogP contribution in [0.3, 0.4) is 0 Å². The molecule has 2 heteroatoms. The molecule has 0 spiro atoms. The normalized spacial score (nSPS) is 16.8. The molecule has 102 valence electrons. The molecule has 0 saturated carbocycles. The van der Waals surface area contributed by atoms with Crippen LogP contribution in [0.5, 0.6) is 0 Å². The SMILES string of the molecule is CCCCN(CC(C)(C=O)CCC)C(C)CC. The third kappa shape index (κ3) is 6.21. The van der Waals surface area contributed by atoms with Crippen LogP contribution in [0.2, 0.25) is 0 Å². The highest BCUT2D eigenvalue weighted by Gasteiger charge is 2.27. The lowest BCUT2D eigenvalue weighted by molar-refractivity contribution is -0.117. The highest BCUT2D eigenvalue weighted by Crippen LogP contribution is 2.23. The van der Waals surface area contributed by atoms with Crippen molar-refractivity contribution in [3.05, 3.63) is 0 Å². The summed E-state index contributed by atoms with van der Waals surface area (Å²) in [7, 11) is 0. The van der Waals surface area contributed by atoms with Crippen molar-refractivity contribution in [2.45, 2.75) is 72.8 Å². The van der Waals surface area contributed by atoms with Gasteiger partial charge in [-0.2, -0.15) is 0 Å². The lowest BCUT2D eigenvalue weighted by atomic mass is 9.86. The average molecular weight is 241 g/mol. The third-order valence-corrected chi connectivity index (χ3v) is 3.68. The first-order valence-electron chi connectivity index (χ1n) is 7.23. The van der Waals surface area contributed by atoms with Gasteiger partial charge in [0.25, 0.3) is 0 Å². The van der Waals surface area contributed by atoms with E-state index in [9.17, 15) is 4.79 Å². The molecular weight excluding hydrogens is 210 g/mol. The van der Waals surface area contributed by atoms with Gasteiger partial charge in [-0.3, -0.25) is 4.90 Å². The van der Waals surface area contributed by atoms with Crippen LogP contribution < -0.4 is 0 Å². The highest BCUT2D eigenvalue weighted by molar-refractivity contribution is 5.59. The molecule has 0 aliphatic carbocycles. The molecule has 0 radical (unpaired) electrons. The van der Waals surface area contributed by atoms with Crippen molar-refractivity contribution >= 4 is 6.29 Å². The van der Waals surface area contributed by atoms with E-state index in [1.54, 1.807) is 0 Å². The van der Waals surface area contributed by atoms with Gasteiger partial charge in [-0.05, 0) is 32.7 Å². The maximum absolute atomic E-state index is 11.3. The van der Waals surface area contributed by atoms with Crippen molar-refractivity contribution in [2.75, 3.05) is 13.1 Å². The number of hydrogen-bond acceptors (Lipinski definition) is 2. The fraction of sp³-hybridized carbons (Fsp3) is 0.933. The Balaban J connectivity index is 4.52. The van der Waals surface area contributed by atoms with E-state index < -0.39 is 0 Å². The second-order valence-electron chi connectivity index (χ2n) is 5.60. The maximum Gasteiger partial charge on any atom is 0.127 e. The van der Waals surface area contributed by atoms with E-state index in [1.165, 1.54) is 12.8 Å². The molecule has 0 aliphatic rings. The summed E-state index contributed by atoms with van der Waals surface area (Å²) < 4.78 is 0. The molecule has 2 atom stereocenters. The van der Waals surface area contributed by atoms with Gasteiger partial charge in [-0.25, -0.2) is 0 Å². The molecule has 2 unspecified atom stereocenters. The Labute approximate surface area is 108 Å². The van der Waals surface area contributed by atoms with Gasteiger partial charge in [0.15, 0.2) is 0 Å². The van der Waals surface area contributed by atoms with Gasteiger partial charge in [0.2, 0.25) is 0 Å². The second kappa shape index (κ2) is 8.68. The number of hydrogen-bond donors (Lipinski definition) is 0. The van der Waals surface area contributed by atoms with E-state index in [1.807, 2.05) is 0 Å². The van der Waals surface area contributed by atoms with E-state index in [4.69, 9.17) is 0 Å². The Hall–Kier alpha value is -0.370. The molecule has 0 N–H and O–H groups in total. The van der Waals surface area contributed by atoms with Crippen LogP contribution in [-0.2, 0) is 4.79 Å². The molecule has 2 nitrogen and oxygen atoms in total. The molecule has 0 heterocycles. The molecule has 0 aromatic heterocycles. The van der Waals surface area contributed by atoms with Crippen LogP contribution in [0.25, 0.3) is 0 Å². The van der Waals surface area contributed by atoms with E-state index in [0.717, 1.165) is 38.6 Å². The van der Waals surface area contributed by atoms with Gasteiger partial charge in [0.1, 0.15) is 6.29 Å². The van der Waals surface area contributed by atoms with Gasteiger partial charge in [-0.15, -0.1) is 0 Å². The zero-order valence-corrected chi connectivity index (χ0v) is 12.5. The minimum absolute atomic E-state index is 0.161. The largest absolute Gasteiger partial charge is 0.303 e. The van der Waals surface area contributed by atoms with Crippen molar-refractivity contribution in [3.63, 3.8) is 0 Å². The Morgan fingerprint density at radius 2 is 1.88 bits per heavy atom. The van der Waals surface area contributed by atoms with Gasteiger partial charge >= 0.3 is 0 Å². The number of rotatable bonds is 10. The summed E-state index contributed by atoms with van der Waals surface area (Å²) in [6.07, 6.45) is 6.85. The molecule has 0 aromatic carbocycles. The van der Waals surface area contributed by atoms with Crippen LogP contribution in [0, 0.1) is 5.41 Å². The standard InChI is InChI=1S/C15H31NO/c1-6-9-11-16(14(4)8-3)12-15(5,13-17)10-7-2/h13-14H,6-12H2,1-5H3. The molecule has 0 bridgehead atoms. The Bertz CT molecular complexity index is 205. The maximum atomic E-state index is 11.3. The van der Waals surface area contributed by atoms with E-state index in [2.05, 4.69) is 39.5 Å². The first-order valence-corrected chi connectivity index (χ1v) is 7.23. The highest BCUT2D eigenvalue weighted by atomic mass is 16.1. The molecule has 0 aliphatic heterocycles. The van der Waals surface area contributed by atoms with Crippen molar-refractivity contribution in [1.82, 2.24) is 4.90 Å². The monoisotopic (exact) mass is 241 g/mol. The smallest absolute Gasteiger partial charge is 0.127 e. The van der Waals surface area contributed by atoms with E-state index in [0.29, 0.717) is 6.04 Å². The lowest BCUT2D eigenvalue weighted by Crippen LogP contribution is -2.42. The first-order chi connectivity index (χ1) is 8.02. The quantitative estimate of drug-likeness (QED) is 0.541. The zero-order valence-electron chi connectivity index (χ0n) is 12.5. The minimum atomic E-state index is -0.161. The van der Waals surface area contributed by atoms with Crippen molar-refractivity contribution in [1.29, 1.82) is 0 Å². The summed E-state index contributed by atoms with van der Waals surface area (Å²) in [6, 6.07) is 0.581. The molecule has 0 rings (SSSR count). The molecule has 0 saturated heterocycles. The number of carbonyl (C=O) groups excluding carboxylic acids is 1. The number of unbranched alkanes of at least 4 members (excludes halogenated alkanes) is 1.